The summed E-state index contributed by atoms with van der Waals surface area (Å²) in [5, 5.41) is 7.40. The summed E-state index contributed by atoms with van der Waals surface area (Å²) in [6, 6.07) is 7.79. The number of ether oxygens (including phenoxy) is 1. The molecule has 0 aliphatic rings. The van der Waals surface area contributed by atoms with Crippen molar-refractivity contribution in [2.24, 2.45) is 7.05 Å². The maximum atomic E-state index is 5.57. The number of hydrogen-bond donors (Lipinski definition) is 1. The Balaban J connectivity index is 1.63. The van der Waals surface area contributed by atoms with Crippen molar-refractivity contribution in [3.05, 3.63) is 40.9 Å². The fourth-order valence-electron chi connectivity index (χ4n) is 1.44. The zero-order valence-corrected chi connectivity index (χ0v) is 11.7. The molecule has 0 bridgehead atoms. The van der Waals surface area contributed by atoms with Gasteiger partial charge >= 0.3 is 0 Å². The Hall–Kier alpha value is -1.40. The van der Waals surface area contributed by atoms with Crippen LogP contribution in [0.3, 0.4) is 0 Å². The maximum absolute atomic E-state index is 5.57. The second kappa shape index (κ2) is 6.51. The van der Waals surface area contributed by atoms with Crippen LogP contribution in [0, 0.1) is 0 Å². The van der Waals surface area contributed by atoms with Crippen molar-refractivity contribution in [1.29, 1.82) is 0 Å². The number of halogens is 1. The molecule has 2 rings (SSSR count). The van der Waals surface area contributed by atoms with Gasteiger partial charge in [-0.2, -0.15) is 5.10 Å². The molecular formula is C12H15BrN4O. The van der Waals surface area contributed by atoms with E-state index in [9.17, 15) is 0 Å². The lowest BCUT2D eigenvalue weighted by atomic mass is 10.3. The van der Waals surface area contributed by atoms with Gasteiger partial charge in [-0.05, 0) is 24.3 Å². The predicted octanol–water partition coefficient (Wildman–Crippen LogP) is 1.75. The largest absolute Gasteiger partial charge is 0.492 e. The molecule has 0 saturated heterocycles. The summed E-state index contributed by atoms with van der Waals surface area (Å²) in [6.45, 7) is 2.04. The lowest BCUT2D eigenvalue weighted by Crippen LogP contribution is -2.21. The van der Waals surface area contributed by atoms with Crippen LogP contribution in [-0.4, -0.2) is 27.9 Å². The summed E-state index contributed by atoms with van der Waals surface area (Å²) in [5.41, 5.74) is 0. The molecule has 0 atom stereocenters. The first-order chi connectivity index (χ1) is 8.74. The lowest BCUT2D eigenvalue weighted by Gasteiger charge is -2.06. The molecule has 96 valence electrons. The molecule has 5 nitrogen and oxygen atoms in total. The highest BCUT2D eigenvalue weighted by molar-refractivity contribution is 9.10. The van der Waals surface area contributed by atoms with E-state index in [1.54, 1.807) is 11.0 Å². The van der Waals surface area contributed by atoms with Crippen LogP contribution in [0.5, 0.6) is 5.75 Å². The molecule has 2 aromatic rings. The highest BCUT2D eigenvalue weighted by atomic mass is 79.9. The van der Waals surface area contributed by atoms with Gasteiger partial charge in [0, 0.05) is 18.1 Å². The van der Waals surface area contributed by atoms with E-state index >= 15 is 0 Å². The Morgan fingerprint density at radius 1 is 1.33 bits per heavy atom. The SMILES string of the molecule is Cn1cnc(CNCCOc2ccc(Br)cc2)n1. The quantitative estimate of drug-likeness (QED) is 0.826. The van der Waals surface area contributed by atoms with Crippen LogP contribution >= 0.6 is 15.9 Å². The number of rotatable bonds is 6. The average molecular weight is 311 g/mol. The summed E-state index contributed by atoms with van der Waals surface area (Å²) < 4.78 is 8.31. The first kappa shape index (κ1) is 13.0. The summed E-state index contributed by atoms with van der Waals surface area (Å²) in [4.78, 5) is 4.12. The lowest BCUT2D eigenvalue weighted by molar-refractivity contribution is 0.313. The summed E-state index contributed by atoms with van der Waals surface area (Å²) in [6.07, 6.45) is 1.69. The van der Waals surface area contributed by atoms with E-state index in [2.05, 4.69) is 31.3 Å². The zero-order chi connectivity index (χ0) is 12.8. The molecule has 1 heterocycles. The number of aryl methyl sites for hydroxylation is 1. The second-order valence-corrected chi connectivity index (χ2v) is 4.73. The van der Waals surface area contributed by atoms with E-state index in [0.29, 0.717) is 13.2 Å². The van der Waals surface area contributed by atoms with Gasteiger partial charge in [0.25, 0.3) is 0 Å². The third-order valence-corrected chi connectivity index (χ3v) is 2.82. The van der Waals surface area contributed by atoms with Crippen LogP contribution in [-0.2, 0) is 13.6 Å². The van der Waals surface area contributed by atoms with E-state index in [1.807, 2.05) is 31.3 Å². The monoisotopic (exact) mass is 310 g/mol. The van der Waals surface area contributed by atoms with E-state index in [-0.39, 0.29) is 0 Å². The summed E-state index contributed by atoms with van der Waals surface area (Å²) in [5.74, 6) is 1.66. The highest BCUT2D eigenvalue weighted by Gasteiger charge is 1.98. The van der Waals surface area contributed by atoms with Crippen LogP contribution in [0.25, 0.3) is 0 Å². The normalized spacial score (nSPS) is 10.6. The number of nitrogens with zero attached hydrogens (tertiary/aromatic N) is 3. The third kappa shape index (κ3) is 4.12. The van der Waals surface area contributed by atoms with E-state index in [0.717, 1.165) is 22.6 Å². The van der Waals surface area contributed by atoms with Crippen molar-refractivity contribution in [1.82, 2.24) is 20.1 Å². The third-order valence-electron chi connectivity index (χ3n) is 2.29. The fraction of sp³-hybridized carbons (Fsp3) is 0.333. The topological polar surface area (TPSA) is 52.0 Å². The Labute approximate surface area is 114 Å². The van der Waals surface area contributed by atoms with Gasteiger partial charge in [0.2, 0.25) is 0 Å². The van der Waals surface area contributed by atoms with Gasteiger partial charge < -0.3 is 10.1 Å². The molecule has 0 aliphatic heterocycles. The van der Waals surface area contributed by atoms with E-state index in [1.165, 1.54) is 0 Å². The first-order valence-electron chi connectivity index (χ1n) is 5.67. The van der Waals surface area contributed by atoms with Crippen LogP contribution in [0.2, 0.25) is 0 Å². The number of aromatic nitrogens is 3. The minimum atomic E-state index is 0.620. The standard InChI is InChI=1S/C12H15BrN4O/c1-17-9-15-12(16-17)8-14-6-7-18-11-4-2-10(13)3-5-11/h2-5,9,14H,6-8H2,1H3. The maximum Gasteiger partial charge on any atom is 0.164 e. The van der Waals surface area contributed by atoms with Crippen molar-refractivity contribution in [3.8, 4) is 5.75 Å². The Bertz CT molecular complexity index is 483. The van der Waals surface area contributed by atoms with Crippen LogP contribution < -0.4 is 10.1 Å². The van der Waals surface area contributed by atoms with Gasteiger partial charge in [0.05, 0.1) is 6.54 Å². The number of benzene rings is 1. The molecule has 0 spiro atoms. The van der Waals surface area contributed by atoms with Crippen molar-refractivity contribution in [2.75, 3.05) is 13.2 Å². The smallest absolute Gasteiger partial charge is 0.164 e. The summed E-state index contributed by atoms with van der Waals surface area (Å²) >= 11 is 3.38. The fourth-order valence-corrected chi connectivity index (χ4v) is 1.70. The van der Waals surface area contributed by atoms with Gasteiger partial charge in [-0.15, -0.1) is 0 Å². The number of nitrogens with one attached hydrogen (secondary N) is 1. The van der Waals surface area contributed by atoms with Gasteiger partial charge in [-0.1, -0.05) is 15.9 Å². The molecule has 0 saturated carbocycles. The predicted molar refractivity (Wildman–Crippen MR) is 72.3 cm³/mol. The average Bonchev–Trinajstić information content (AvgIpc) is 2.77. The van der Waals surface area contributed by atoms with Gasteiger partial charge in [-0.3, -0.25) is 4.68 Å². The summed E-state index contributed by atoms with van der Waals surface area (Å²) in [7, 11) is 1.85. The van der Waals surface area contributed by atoms with Crippen molar-refractivity contribution < 1.29 is 4.74 Å². The molecule has 1 aromatic carbocycles. The van der Waals surface area contributed by atoms with E-state index < -0.39 is 0 Å². The van der Waals surface area contributed by atoms with Crippen molar-refractivity contribution in [3.63, 3.8) is 0 Å². The van der Waals surface area contributed by atoms with Gasteiger partial charge in [0.1, 0.15) is 18.7 Å². The van der Waals surface area contributed by atoms with Gasteiger partial charge in [-0.25, -0.2) is 4.98 Å². The molecule has 1 aromatic heterocycles. The minimum Gasteiger partial charge on any atom is -0.492 e. The molecule has 0 amide bonds. The highest BCUT2D eigenvalue weighted by Crippen LogP contribution is 2.15. The number of hydrogen-bond acceptors (Lipinski definition) is 4. The Morgan fingerprint density at radius 3 is 2.78 bits per heavy atom. The molecule has 0 unspecified atom stereocenters. The van der Waals surface area contributed by atoms with E-state index in [4.69, 9.17) is 4.74 Å². The minimum absolute atomic E-state index is 0.620. The first-order valence-corrected chi connectivity index (χ1v) is 6.47. The van der Waals surface area contributed by atoms with Crippen molar-refractivity contribution >= 4 is 15.9 Å². The van der Waals surface area contributed by atoms with Crippen LogP contribution in [0.15, 0.2) is 35.1 Å². The molecular weight excluding hydrogens is 296 g/mol. The Kier molecular flexibility index (Phi) is 4.72. The molecule has 6 heteroatoms. The second-order valence-electron chi connectivity index (χ2n) is 3.81. The van der Waals surface area contributed by atoms with Crippen LogP contribution in [0.1, 0.15) is 5.82 Å². The van der Waals surface area contributed by atoms with Crippen LogP contribution in [0.4, 0.5) is 0 Å². The molecule has 0 radical (unpaired) electrons. The van der Waals surface area contributed by atoms with Gasteiger partial charge in [0.15, 0.2) is 5.82 Å². The molecule has 18 heavy (non-hydrogen) atoms. The van der Waals surface area contributed by atoms with Crippen molar-refractivity contribution in [2.45, 2.75) is 6.54 Å². The molecule has 1 N–H and O–H groups in total. The zero-order valence-electron chi connectivity index (χ0n) is 10.1. The Morgan fingerprint density at radius 2 is 2.11 bits per heavy atom. The molecule has 0 aliphatic carbocycles. The molecule has 0 fully saturated rings.